The van der Waals surface area contributed by atoms with E-state index in [2.05, 4.69) is 30.5 Å². The molecule has 0 saturated heterocycles. The average molecular weight is 661 g/mol. The Kier molecular flexibility index (Phi) is 31.8. The Labute approximate surface area is 276 Å². The van der Waals surface area contributed by atoms with Crippen LogP contribution in [-0.2, 0) is 32.7 Å². The summed E-state index contributed by atoms with van der Waals surface area (Å²) in [7, 11) is -3.19. The minimum absolute atomic E-state index is 0.224. The fourth-order valence-corrected chi connectivity index (χ4v) is 5.58. The van der Waals surface area contributed by atoms with Crippen LogP contribution in [0.4, 0.5) is 0 Å². The maximum absolute atomic E-state index is 12.4. The highest BCUT2D eigenvalue weighted by molar-refractivity contribution is 7.47. The van der Waals surface area contributed by atoms with Crippen LogP contribution >= 0.6 is 7.82 Å². The lowest BCUT2D eigenvalue weighted by Gasteiger charge is -2.19. The number of phosphoric ester groups is 1. The van der Waals surface area contributed by atoms with E-state index in [1.165, 1.54) is 96.3 Å². The molecule has 1 N–H and O–H groups in total. The molecular formula is C36H69O8P. The van der Waals surface area contributed by atoms with E-state index in [9.17, 15) is 19.0 Å². The number of hydrogen-bond donors (Lipinski definition) is 1. The Morgan fingerprint density at radius 2 is 1.00 bits per heavy atom. The maximum Gasteiger partial charge on any atom is 0.472 e. The molecule has 0 heterocycles. The predicted molar refractivity (Wildman–Crippen MR) is 184 cm³/mol. The molecule has 0 fully saturated rings. The number of esters is 2. The summed E-state index contributed by atoms with van der Waals surface area (Å²) in [4.78, 5) is 34.2. The van der Waals surface area contributed by atoms with Gasteiger partial charge in [-0.2, -0.15) is 0 Å². The number of rotatable bonds is 34. The minimum atomic E-state index is -4.25. The van der Waals surface area contributed by atoms with E-state index in [0.717, 1.165) is 58.5 Å². The first-order valence-electron chi connectivity index (χ1n) is 18.4. The van der Waals surface area contributed by atoms with Crippen molar-refractivity contribution in [3.63, 3.8) is 0 Å². The van der Waals surface area contributed by atoms with Gasteiger partial charge in [-0.05, 0) is 38.5 Å². The minimum Gasteiger partial charge on any atom is -0.462 e. The van der Waals surface area contributed by atoms with E-state index in [4.69, 9.17) is 14.0 Å². The van der Waals surface area contributed by atoms with Crippen LogP contribution in [0.5, 0.6) is 0 Å². The highest BCUT2D eigenvalue weighted by Gasteiger charge is 2.24. The largest absolute Gasteiger partial charge is 0.472 e. The molecule has 0 bridgehead atoms. The molecule has 0 saturated carbocycles. The first kappa shape index (κ1) is 43.8. The van der Waals surface area contributed by atoms with Gasteiger partial charge in [0.15, 0.2) is 6.10 Å². The van der Waals surface area contributed by atoms with Crippen molar-refractivity contribution < 1.29 is 37.6 Å². The first-order chi connectivity index (χ1) is 21.8. The van der Waals surface area contributed by atoms with Crippen molar-refractivity contribution in [1.29, 1.82) is 0 Å². The molecule has 0 amide bonds. The second-order valence-electron chi connectivity index (χ2n) is 12.4. The topological polar surface area (TPSA) is 108 Å². The molecule has 8 nitrogen and oxygen atoms in total. The lowest BCUT2D eigenvalue weighted by molar-refractivity contribution is -0.161. The van der Waals surface area contributed by atoms with Crippen LogP contribution in [0.2, 0.25) is 0 Å². The zero-order valence-electron chi connectivity index (χ0n) is 29.3. The van der Waals surface area contributed by atoms with E-state index in [1.807, 2.05) is 0 Å². The highest BCUT2D eigenvalue weighted by Crippen LogP contribution is 2.42. The predicted octanol–water partition coefficient (Wildman–Crippen LogP) is 10.9. The second-order valence-corrected chi connectivity index (χ2v) is 13.9. The molecule has 0 aromatic rings. The number of hydrogen-bond acceptors (Lipinski definition) is 7. The molecule has 1 unspecified atom stereocenters. The second kappa shape index (κ2) is 32.7. The summed E-state index contributed by atoms with van der Waals surface area (Å²) in [5, 5.41) is 0. The van der Waals surface area contributed by atoms with Gasteiger partial charge >= 0.3 is 19.8 Å². The van der Waals surface area contributed by atoms with Crippen molar-refractivity contribution in [2.45, 2.75) is 187 Å². The van der Waals surface area contributed by atoms with E-state index >= 15 is 0 Å². The maximum atomic E-state index is 12.4. The van der Waals surface area contributed by atoms with Crippen LogP contribution in [0.3, 0.4) is 0 Å². The van der Waals surface area contributed by atoms with Crippen LogP contribution in [0.1, 0.15) is 181 Å². The summed E-state index contributed by atoms with van der Waals surface area (Å²) in [5.74, 6) is -0.809. The monoisotopic (exact) mass is 660 g/mol. The summed E-state index contributed by atoms with van der Waals surface area (Å²) in [6.07, 6.45) is 32.6. The van der Waals surface area contributed by atoms with E-state index in [-0.39, 0.29) is 19.0 Å². The molecular weight excluding hydrogens is 591 g/mol. The molecule has 0 aromatic carbocycles. The van der Waals surface area contributed by atoms with Gasteiger partial charge in [0.1, 0.15) is 6.61 Å². The molecule has 0 rings (SSSR count). The Balaban J connectivity index is 4.07. The Hall–Kier alpha value is -1.21. The fourth-order valence-electron chi connectivity index (χ4n) is 5.12. The third-order valence-electron chi connectivity index (χ3n) is 8.01. The third-order valence-corrected chi connectivity index (χ3v) is 8.95. The number of phosphoric acid groups is 1. The van der Waals surface area contributed by atoms with Crippen LogP contribution in [-0.4, -0.2) is 43.3 Å². The van der Waals surface area contributed by atoms with E-state index in [0.29, 0.717) is 12.8 Å². The summed E-state index contributed by atoms with van der Waals surface area (Å²) in [5.41, 5.74) is 0. The number of allylic oxidation sites excluding steroid dienone is 2. The molecule has 0 aliphatic heterocycles. The first-order valence-corrected chi connectivity index (χ1v) is 19.9. The van der Waals surface area contributed by atoms with Gasteiger partial charge in [-0.3, -0.25) is 18.6 Å². The Bertz CT molecular complexity index is 757. The van der Waals surface area contributed by atoms with Crippen LogP contribution < -0.4 is 0 Å². The quantitative estimate of drug-likeness (QED) is 0.0314. The van der Waals surface area contributed by atoms with Crippen molar-refractivity contribution in [2.75, 3.05) is 20.3 Å². The Morgan fingerprint density at radius 1 is 0.600 bits per heavy atom. The third kappa shape index (κ3) is 32.5. The molecule has 266 valence electrons. The van der Waals surface area contributed by atoms with Crippen molar-refractivity contribution in [1.82, 2.24) is 0 Å². The van der Waals surface area contributed by atoms with Gasteiger partial charge in [0, 0.05) is 20.0 Å². The number of unbranched alkanes of at least 4 members (excludes halogenated alkanes) is 21. The SMILES string of the molecule is CCCCCCCC/C=C/CCCCCCCC(=O)O[C@H](COC(=O)CCCCCCCCCCCCC)COP(=O)(O)OC. The van der Waals surface area contributed by atoms with Crippen LogP contribution in [0.25, 0.3) is 0 Å². The fraction of sp³-hybridized carbons (Fsp3) is 0.889. The van der Waals surface area contributed by atoms with Crippen molar-refractivity contribution in [2.24, 2.45) is 0 Å². The van der Waals surface area contributed by atoms with E-state index < -0.39 is 26.5 Å². The molecule has 0 aliphatic rings. The molecule has 0 aliphatic carbocycles. The summed E-state index contributed by atoms with van der Waals surface area (Å²) in [6.45, 7) is 3.86. The molecule has 0 aromatic heterocycles. The molecule has 45 heavy (non-hydrogen) atoms. The molecule has 2 atom stereocenters. The number of carbonyl (C=O) groups excluding carboxylic acids is 2. The molecule has 9 heteroatoms. The summed E-state index contributed by atoms with van der Waals surface area (Å²) in [6, 6.07) is 0. The van der Waals surface area contributed by atoms with Crippen molar-refractivity contribution in [3.05, 3.63) is 12.2 Å². The van der Waals surface area contributed by atoms with Gasteiger partial charge in [0.2, 0.25) is 0 Å². The lowest BCUT2D eigenvalue weighted by atomic mass is 10.1. The van der Waals surface area contributed by atoms with Crippen molar-refractivity contribution >= 4 is 19.8 Å². The van der Waals surface area contributed by atoms with E-state index in [1.54, 1.807) is 0 Å². The summed E-state index contributed by atoms with van der Waals surface area (Å²) < 4.78 is 31.8. The molecule has 0 radical (unpaired) electrons. The lowest BCUT2D eigenvalue weighted by Crippen LogP contribution is -2.29. The van der Waals surface area contributed by atoms with Gasteiger partial charge in [-0.15, -0.1) is 0 Å². The normalized spacial score (nSPS) is 13.6. The van der Waals surface area contributed by atoms with Gasteiger partial charge in [-0.25, -0.2) is 4.57 Å². The Morgan fingerprint density at radius 3 is 1.44 bits per heavy atom. The number of carbonyl (C=O) groups is 2. The van der Waals surface area contributed by atoms with Gasteiger partial charge < -0.3 is 14.4 Å². The standard InChI is InChI=1S/C36H69O8P/c1-4-6-8-10-12-14-16-17-18-19-21-23-25-27-29-31-36(38)44-34(33-43-45(39,40)41-3)32-42-35(37)30-28-26-24-22-20-15-13-11-9-7-5-2/h17-18,34H,4-16,19-33H2,1-3H3,(H,39,40)/b18-17+/t34-/m1/s1. The average Bonchev–Trinajstić information content (AvgIpc) is 3.03. The van der Waals surface area contributed by atoms with Crippen molar-refractivity contribution in [3.8, 4) is 0 Å². The summed E-state index contributed by atoms with van der Waals surface area (Å²) >= 11 is 0. The zero-order valence-corrected chi connectivity index (χ0v) is 30.2. The zero-order chi connectivity index (χ0) is 33.3. The van der Waals surface area contributed by atoms with Gasteiger partial charge in [0.25, 0.3) is 0 Å². The van der Waals surface area contributed by atoms with Crippen LogP contribution in [0, 0.1) is 0 Å². The smallest absolute Gasteiger partial charge is 0.462 e. The van der Waals surface area contributed by atoms with Gasteiger partial charge in [-0.1, -0.05) is 142 Å². The van der Waals surface area contributed by atoms with Gasteiger partial charge in [0.05, 0.1) is 6.61 Å². The van der Waals surface area contributed by atoms with Crippen LogP contribution in [0.15, 0.2) is 12.2 Å². The number of ether oxygens (including phenoxy) is 2. The highest BCUT2D eigenvalue weighted by atomic mass is 31.2. The molecule has 0 spiro atoms.